The van der Waals surface area contributed by atoms with Crippen LogP contribution in [-0.2, 0) is 6.42 Å². The van der Waals surface area contributed by atoms with E-state index in [0.717, 1.165) is 28.8 Å². The van der Waals surface area contributed by atoms with Crippen LogP contribution in [-0.4, -0.2) is 16.3 Å². The summed E-state index contributed by atoms with van der Waals surface area (Å²) >= 11 is 0. The molecule has 1 aliphatic rings. The van der Waals surface area contributed by atoms with Crippen LogP contribution in [0.15, 0.2) is 57.9 Å². The number of fused-ring (bicyclic) bond motifs is 1. The van der Waals surface area contributed by atoms with Crippen LogP contribution >= 0.6 is 0 Å². The van der Waals surface area contributed by atoms with E-state index in [1.54, 1.807) is 12.3 Å². The second-order valence-electron chi connectivity index (χ2n) is 5.60. The highest BCUT2D eigenvalue weighted by Gasteiger charge is 2.18. The van der Waals surface area contributed by atoms with E-state index in [4.69, 9.17) is 4.42 Å². The maximum absolute atomic E-state index is 10.1. The van der Waals surface area contributed by atoms with Gasteiger partial charge in [-0.15, -0.1) is 0 Å². The summed E-state index contributed by atoms with van der Waals surface area (Å²) in [7, 11) is 0. The zero-order valence-corrected chi connectivity index (χ0v) is 13.2. The minimum Gasteiger partial charge on any atom is -0.479 e. The third-order valence-corrected chi connectivity index (χ3v) is 4.09. The van der Waals surface area contributed by atoms with Gasteiger partial charge in [0.05, 0.1) is 5.69 Å². The Labute approximate surface area is 139 Å². The minimum atomic E-state index is -0.185. The molecule has 118 valence electrons. The first-order valence-electron chi connectivity index (χ1n) is 7.89. The summed E-state index contributed by atoms with van der Waals surface area (Å²) in [6.07, 6.45) is 4.54. The molecule has 0 atom stereocenters. The number of para-hydroxylation sites is 1. The monoisotopic (exact) mass is 316 g/mol. The average Bonchev–Trinajstić information content (AvgIpc) is 3.20. The van der Waals surface area contributed by atoms with Gasteiger partial charge in [0, 0.05) is 22.9 Å². The molecule has 0 radical (unpaired) electrons. The lowest BCUT2D eigenvalue weighted by Crippen LogP contribution is -1.85. The summed E-state index contributed by atoms with van der Waals surface area (Å²) < 4.78 is 5.40. The maximum atomic E-state index is 10.1. The zero-order chi connectivity index (χ0) is 16.5. The number of aryl methyl sites for hydroxylation is 1. The number of hydrogen-bond acceptors (Lipinski definition) is 4. The van der Waals surface area contributed by atoms with E-state index in [0.29, 0.717) is 11.6 Å². The molecule has 1 aromatic heterocycles. The fourth-order valence-corrected chi connectivity index (χ4v) is 2.85. The number of benzene rings is 2. The predicted octanol–water partition coefficient (Wildman–Crippen LogP) is 4.87. The molecule has 4 rings (SSSR count). The van der Waals surface area contributed by atoms with Crippen LogP contribution in [0.3, 0.4) is 0 Å². The number of hydrogen-bond donors (Lipinski definition) is 1. The van der Waals surface area contributed by atoms with Gasteiger partial charge < -0.3 is 9.52 Å². The zero-order valence-electron chi connectivity index (χ0n) is 13.2. The van der Waals surface area contributed by atoms with Crippen molar-refractivity contribution >= 4 is 23.6 Å². The Morgan fingerprint density at radius 1 is 1.08 bits per heavy atom. The van der Waals surface area contributed by atoms with Crippen molar-refractivity contribution in [2.75, 3.05) is 0 Å². The summed E-state index contributed by atoms with van der Waals surface area (Å²) in [4.78, 5) is 8.91. The Balaban J connectivity index is 1.74. The minimum absolute atomic E-state index is 0.185. The summed E-state index contributed by atoms with van der Waals surface area (Å²) in [6, 6.07) is 15.7. The van der Waals surface area contributed by atoms with Crippen molar-refractivity contribution in [3.63, 3.8) is 0 Å². The first-order valence-corrected chi connectivity index (χ1v) is 7.89. The highest BCUT2D eigenvalue weighted by atomic mass is 16.5. The molecule has 3 aromatic rings. The first kappa shape index (κ1) is 14.5. The van der Waals surface area contributed by atoms with Crippen molar-refractivity contribution in [2.45, 2.75) is 13.3 Å². The highest BCUT2D eigenvalue weighted by molar-refractivity contribution is 6.21. The molecule has 4 nitrogen and oxygen atoms in total. The topological polar surface area (TPSA) is 58.6 Å². The Kier molecular flexibility index (Phi) is 3.50. The van der Waals surface area contributed by atoms with E-state index in [1.807, 2.05) is 42.5 Å². The molecule has 0 amide bonds. The number of oxazole rings is 1. The normalized spacial score (nSPS) is 14.3. The first-order chi connectivity index (χ1) is 11.8. The Morgan fingerprint density at radius 2 is 1.92 bits per heavy atom. The molecule has 0 aliphatic carbocycles. The van der Waals surface area contributed by atoms with Crippen molar-refractivity contribution in [3.05, 3.63) is 65.4 Å². The lowest BCUT2D eigenvalue weighted by molar-refractivity contribution is 0.336. The van der Waals surface area contributed by atoms with Crippen LogP contribution in [0.2, 0.25) is 0 Å². The maximum Gasteiger partial charge on any atom is 0.310 e. The largest absolute Gasteiger partial charge is 0.479 e. The van der Waals surface area contributed by atoms with Crippen LogP contribution in [0.25, 0.3) is 23.1 Å². The standard InChI is InChI=1S/C20H16N2O2/c1-2-13-9-6-10-16-15(12-21-18(13)16)11-17-20(23)24-19(22-17)14-7-4-3-5-8-14/h3-12,23H,2H2,1H3/b15-11-. The fraction of sp³-hybridized carbons (Fsp3) is 0.100. The SMILES string of the molecule is CCc1cccc2c1N=C/C2=C/c1nc(-c2ccccc2)oc1O. The lowest BCUT2D eigenvalue weighted by atomic mass is 10.0. The molecular weight excluding hydrogens is 300 g/mol. The van der Waals surface area contributed by atoms with E-state index in [2.05, 4.69) is 23.0 Å². The van der Waals surface area contributed by atoms with Gasteiger partial charge in [-0.3, -0.25) is 4.99 Å². The third-order valence-electron chi connectivity index (χ3n) is 4.09. The lowest BCUT2D eigenvalue weighted by Gasteiger charge is -2.03. The van der Waals surface area contributed by atoms with Crippen LogP contribution < -0.4 is 0 Å². The molecule has 1 aliphatic heterocycles. The van der Waals surface area contributed by atoms with E-state index in [-0.39, 0.29) is 5.95 Å². The highest BCUT2D eigenvalue weighted by Crippen LogP contribution is 2.37. The fourth-order valence-electron chi connectivity index (χ4n) is 2.85. The number of aromatic hydroxyl groups is 1. The molecule has 0 saturated carbocycles. The van der Waals surface area contributed by atoms with Crippen LogP contribution in [0.5, 0.6) is 5.95 Å². The van der Waals surface area contributed by atoms with Crippen molar-refractivity contribution < 1.29 is 9.52 Å². The Hall–Kier alpha value is -3.14. The molecule has 0 spiro atoms. The Morgan fingerprint density at radius 3 is 2.71 bits per heavy atom. The molecule has 0 fully saturated rings. The van der Waals surface area contributed by atoms with Gasteiger partial charge in [-0.2, -0.15) is 0 Å². The summed E-state index contributed by atoms with van der Waals surface area (Å²) in [5.41, 5.74) is 5.41. The van der Waals surface area contributed by atoms with Crippen LogP contribution in [0.1, 0.15) is 23.7 Å². The van der Waals surface area contributed by atoms with Gasteiger partial charge in [-0.25, -0.2) is 4.98 Å². The van der Waals surface area contributed by atoms with Gasteiger partial charge in [-0.1, -0.05) is 43.3 Å². The van der Waals surface area contributed by atoms with Crippen molar-refractivity contribution in [1.29, 1.82) is 0 Å². The van der Waals surface area contributed by atoms with Crippen LogP contribution in [0, 0.1) is 0 Å². The van der Waals surface area contributed by atoms with E-state index in [9.17, 15) is 5.11 Å². The second-order valence-corrected chi connectivity index (χ2v) is 5.60. The molecule has 2 heterocycles. The number of rotatable bonds is 3. The molecule has 24 heavy (non-hydrogen) atoms. The molecule has 4 heteroatoms. The average molecular weight is 316 g/mol. The van der Waals surface area contributed by atoms with Crippen molar-refractivity contribution in [2.24, 2.45) is 4.99 Å². The summed E-state index contributed by atoms with van der Waals surface area (Å²) in [5.74, 6) is 0.215. The Bertz CT molecular complexity index is 953. The van der Waals surface area contributed by atoms with Crippen molar-refractivity contribution in [1.82, 2.24) is 4.98 Å². The van der Waals surface area contributed by atoms with E-state index < -0.39 is 0 Å². The molecule has 2 aromatic carbocycles. The number of aliphatic imine (C=N–C) groups is 1. The number of nitrogens with zero attached hydrogens (tertiary/aromatic N) is 2. The van der Waals surface area contributed by atoms with E-state index in [1.165, 1.54) is 5.56 Å². The quantitative estimate of drug-likeness (QED) is 0.750. The smallest absolute Gasteiger partial charge is 0.310 e. The van der Waals surface area contributed by atoms with Gasteiger partial charge in [0.1, 0.15) is 5.69 Å². The molecule has 0 unspecified atom stereocenters. The second kappa shape index (κ2) is 5.81. The molecule has 0 saturated heterocycles. The van der Waals surface area contributed by atoms with Crippen molar-refractivity contribution in [3.8, 4) is 17.4 Å². The number of aromatic nitrogens is 1. The predicted molar refractivity (Wildman–Crippen MR) is 95.4 cm³/mol. The summed E-state index contributed by atoms with van der Waals surface area (Å²) in [5, 5.41) is 10.1. The molecule has 0 bridgehead atoms. The summed E-state index contributed by atoms with van der Waals surface area (Å²) in [6.45, 7) is 2.11. The molecule has 1 N–H and O–H groups in total. The molecular formula is C20H16N2O2. The van der Waals surface area contributed by atoms with Crippen LogP contribution in [0.4, 0.5) is 5.69 Å². The third kappa shape index (κ3) is 2.42. The van der Waals surface area contributed by atoms with E-state index >= 15 is 0 Å². The van der Waals surface area contributed by atoms with Gasteiger partial charge in [0.2, 0.25) is 5.89 Å². The van der Waals surface area contributed by atoms with Gasteiger partial charge in [0.15, 0.2) is 0 Å². The van der Waals surface area contributed by atoms with Gasteiger partial charge >= 0.3 is 5.95 Å². The number of allylic oxidation sites excluding steroid dienone is 1. The van der Waals surface area contributed by atoms with Gasteiger partial charge in [-0.05, 0) is 30.2 Å². The van der Waals surface area contributed by atoms with Gasteiger partial charge in [0.25, 0.3) is 0 Å².